The fourth-order valence-corrected chi connectivity index (χ4v) is 4.73. The summed E-state index contributed by atoms with van der Waals surface area (Å²) in [5.41, 5.74) is 2.51. The number of benzene rings is 3. The van der Waals surface area contributed by atoms with Crippen molar-refractivity contribution in [2.45, 2.75) is 17.9 Å². The van der Waals surface area contributed by atoms with E-state index in [2.05, 4.69) is 52.8 Å². The number of hydrogen-bond donors (Lipinski definition) is 1. The van der Waals surface area contributed by atoms with Gasteiger partial charge in [-0.15, -0.1) is 0 Å². The van der Waals surface area contributed by atoms with Crippen LogP contribution < -0.4 is 9.46 Å². The van der Waals surface area contributed by atoms with Gasteiger partial charge < -0.3 is 9.64 Å². The summed E-state index contributed by atoms with van der Waals surface area (Å²) in [6.07, 6.45) is 0. The molecule has 1 N–H and O–H groups in total. The maximum atomic E-state index is 13.0. The highest BCUT2D eigenvalue weighted by molar-refractivity contribution is 7.83. The molecule has 1 aliphatic rings. The lowest BCUT2D eigenvalue weighted by Crippen LogP contribution is -2.48. The van der Waals surface area contributed by atoms with Crippen molar-refractivity contribution in [1.29, 1.82) is 0 Å². The summed E-state index contributed by atoms with van der Waals surface area (Å²) in [5, 5.41) is 0. The monoisotopic (exact) mass is 449 g/mol. The Kier molecular flexibility index (Phi) is 7.71. The number of hydrogen-bond acceptors (Lipinski definition) is 4. The highest BCUT2D eigenvalue weighted by Crippen LogP contribution is 2.24. The molecule has 5 nitrogen and oxygen atoms in total. The number of aryl methyl sites for hydroxylation is 1. The second kappa shape index (κ2) is 10.9. The van der Waals surface area contributed by atoms with Gasteiger partial charge in [-0.05, 0) is 55.9 Å². The summed E-state index contributed by atoms with van der Waals surface area (Å²) in [6.45, 7) is 6.85. The minimum atomic E-state index is -1.29. The summed E-state index contributed by atoms with van der Waals surface area (Å²) >= 11 is 0. The van der Waals surface area contributed by atoms with Gasteiger partial charge in [0, 0.05) is 38.8 Å². The lowest BCUT2D eigenvalue weighted by Gasteiger charge is -2.38. The molecule has 4 rings (SSSR count). The van der Waals surface area contributed by atoms with E-state index in [4.69, 9.17) is 4.74 Å². The van der Waals surface area contributed by atoms with E-state index in [-0.39, 0.29) is 6.04 Å². The maximum Gasteiger partial charge on any atom is 0.127 e. The van der Waals surface area contributed by atoms with Crippen LogP contribution >= 0.6 is 0 Å². The number of rotatable bonds is 8. The van der Waals surface area contributed by atoms with E-state index in [0.717, 1.165) is 42.6 Å². The van der Waals surface area contributed by atoms with E-state index in [1.54, 1.807) is 0 Å². The molecule has 1 aliphatic heterocycles. The Morgan fingerprint density at radius 1 is 0.875 bits per heavy atom. The van der Waals surface area contributed by atoms with Crippen LogP contribution in [0.2, 0.25) is 0 Å². The van der Waals surface area contributed by atoms with Gasteiger partial charge in [-0.2, -0.15) is 0 Å². The van der Waals surface area contributed by atoms with E-state index in [1.165, 1.54) is 11.1 Å². The Morgan fingerprint density at radius 3 is 2.16 bits per heavy atom. The van der Waals surface area contributed by atoms with Gasteiger partial charge in [0.1, 0.15) is 22.5 Å². The van der Waals surface area contributed by atoms with E-state index in [1.807, 2.05) is 54.6 Å². The van der Waals surface area contributed by atoms with Gasteiger partial charge in [0.2, 0.25) is 0 Å². The number of nitrogens with zero attached hydrogens (tertiary/aromatic N) is 2. The van der Waals surface area contributed by atoms with Crippen LogP contribution in [0.3, 0.4) is 0 Å². The van der Waals surface area contributed by atoms with Gasteiger partial charge in [0.15, 0.2) is 0 Å². The molecule has 168 valence electrons. The van der Waals surface area contributed by atoms with Gasteiger partial charge in [0.05, 0.1) is 4.90 Å². The van der Waals surface area contributed by atoms with Gasteiger partial charge in [-0.25, -0.2) is 8.93 Å². The van der Waals surface area contributed by atoms with Crippen molar-refractivity contribution in [3.63, 3.8) is 0 Å². The Hall–Kier alpha value is -2.51. The van der Waals surface area contributed by atoms with Crippen LogP contribution in [0.25, 0.3) is 0 Å². The Morgan fingerprint density at radius 2 is 1.50 bits per heavy atom. The van der Waals surface area contributed by atoms with Crippen molar-refractivity contribution < 1.29 is 8.95 Å². The second-order valence-electron chi connectivity index (χ2n) is 8.27. The fourth-order valence-electron chi connectivity index (χ4n) is 3.87. The van der Waals surface area contributed by atoms with Crippen LogP contribution in [0.1, 0.15) is 17.2 Å². The first kappa shape index (κ1) is 22.7. The van der Waals surface area contributed by atoms with Gasteiger partial charge in [-0.3, -0.25) is 4.90 Å². The molecular weight excluding hydrogens is 418 g/mol. The third-order valence-corrected chi connectivity index (χ3v) is 6.99. The van der Waals surface area contributed by atoms with Crippen LogP contribution in [0.5, 0.6) is 11.5 Å². The minimum absolute atomic E-state index is 0.189. The van der Waals surface area contributed by atoms with Crippen molar-refractivity contribution in [3.05, 3.63) is 90.0 Å². The molecule has 6 heteroatoms. The molecule has 0 aromatic heterocycles. The Labute approximate surface area is 193 Å². The first-order chi connectivity index (χ1) is 15.6. The molecule has 1 heterocycles. The highest BCUT2D eigenvalue weighted by Gasteiger charge is 2.24. The predicted molar refractivity (Wildman–Crippen MR) is 130 cm³/mol. The zero-order chi connectivity index (χ0) is 22.3. The molecule has 2 atom stereocenters. The molecule has 3 aromatic rings. The number of ether oxygens (including phenoxy) is 1. The molecule has 0 amide bonds. The van der Waals surface area contributed by atoms with E-state index in [0.29, 0.717) is 6.54 Å². The number of piperazine rings is 1. The Balaban J connectivity index is 1.40. The SMILES string of the molecule is Cc1ccc(C(CNS(=O)c2ccc(Oc3ccccc3)cc2)N2CCN(C)CC2)cc1. The average molecular weight is 450 g/mol. The molecule has 0 radical (unpaired) electrons. The molecule has 0 spiro atoms. The largest absolute Gasteiger partial charge is 0.457 e. The lowest BCUT2D eigenvalue weighted by molar-refractivity contribution is 0.113. The molecule has 32 heavy (non-hydrogen) atoms. The van der Waals surface area contributed by atoms with E-state index in [9.17, 15) is 4.21 Å². The smallest absolute Gasteiger partial charge is 0.127 e. The number of likely N-dealkylation sites (N-methyl/N-ethyl adjacent to an activating group) is 1. The quantitative estimate of drug-likeness (QED) is 0.554. The highest BCUT2D eigenvalue weighted by atomic mass is 32.2. The zero-order valence-corrected chi connectivity index (χ0v) is 19.6. The third kappa shape index (κ3) is 6.04. The molecule has 0 saturated carbocycles. The minimum Gasteiger partial charge on any atom is -0.457 e. The van der Waals surface area contributed by atoms with Crippen molar-refractivity contribution in [1.82, 2.24) is 14.5 Å². The topological polar surface area (TPSA) is 44.8 Å². The van der Waals surface area contributed by atoms with Crippen LogP contribution in [-0.4, -0.2) is 53.8 Å². The summed E-state index contributed by atoms with van der Waals surface area (Å²) in [5.74, 6) is 1.51. The van der Waals surface area contributed by atoms with E-state index < -0.39 is 11.0 Å². The zero-order valence-electron chi connectivity index (χ0n) is 18.7. The maximum absolute atomic E-state index is 13.0. The summed E-state index contributed by atoms with van der Waals surface area (Å²) in [6, 6.07) is 26.0. The first-order valence-electron chi connectivity index (χ1n) is 11.1. The summed E-state index contributed by atoms with van der Waals surface area (Å²) < 4.78 is 22.1. The van der Waals surface area contributed by atoms with Crippen LogP contribution in [0.4, 0.5) is 0 Å². The summed E-state index contributed by atoms with van der Waals surface area (Å²) in [7, 11) is 0.872. The van der Waals surface area contributed by atoms with Crippen molar-refractivity contribution >= 4 is 11.0 Å². The van der Waals surface area contributed by atoms with Crippen LogP contribution in [0.15, 0.2) is 83.8 Å². The molecular formula is C26H31N3O2S. The third-order valence-electron chi connectivity index (χ3n) is 5.87. The number of nitrogens with one attached hydrogen (secondary N) is 1. The molecule has 0 bridgehead atoms. The summed E-state index contributed by atoms with van der Waals surface area (Å²) in [4.78, 5) is 5.59. The van der Waals surface area contributed by atoms with Crippen molar-refractivity contribution in [2.24, 2.45) is 0 Å². The van der Waals surface area contributed by atoms with Crippen molar-refractivity contribution in [3.8, 4) is 11.5 Å². The molecule has 1 fully saturated rings. The lowest BCUT2D eigenvalue weighted by atomic mass is 10.0. The average Bonchev–Trinajstić information content (AvgIpc) is 2.82. The van der Waals surface area contributed by atoms with Crippen molar-refractivity contribution in [2.75, 3.05) is 39.8 Å². The predicted octanol–water partition coefficient (Wildman–Crippen LogP) is 4.39. The van der Waals surface area contributed by atoms with E-state index >= 15 is 0 Å². The normalized spacial score (nSPS) is 17.1. The molecule has 3 aromatic carbocycles. The van der Waals surface area contributed by atoms with Gasteiger partial charge >= 0.3 is 0 Å². The van der Waals surface area contributed by atoms with Gasteiger partial charge in [0.25, 0.3) is 0 Å². The second-order valence-corrected chi connectivity index (χ2v) is 9.57. The Bertz CT molecular complexity index is 1000. The molecule has 1 saturated heterocycles. The first-order valence-corrected chi connectivity index (χ1v) is 12.2. The molecule has 0 aliphatic carbocycles. The van der Waals surface area contributed by atoms with Crippen LogP contribution in [-0.2, 0) is 11.0 Å². The number of para-hydroxylation sites is 1. The van der Waals surface area contributed by atoms with Gasteiger partial charge in [-0.1, -0.05) is 48.0 Å². The molecule has 2 unspecified atom stereocenters. The van der Waals surface area contributed by atoms with Crippen LogP contribution in [0, 0.1) is 6.92 Å². The fraction of sp³-hybridized carbons (Fsp3) is 0.308. The standard InChI is InChI=1S/C26H31N3O2S/c1-21-8-10-22(11-9-21)26(29-18-16-28(2)17-19-29)20-27-32(30)25-14-12-24(13-15-25)31-23-6-4-3-5-7-23/h3-15,26-27H,16-20H2,1-2H3.